The Morgan fingerprint density at radius 2 is 1.68 bits per heavy atom. The van der Waals surface area contributed by atoms with Crippen LogP contribution in [-0.2, 0) is 11.3 Å². The van der Waals surface area contributed by atoms with Crippen LogP contribution in [0.3, 0.4) is 0 Å². The van der Waals surface area contributed by atoms with Gasteiger partial charge in [0.05, 0.1) is 18.9 Å². The van der Waals surface area contributed by atoms with Gasteiger partial charge in [0.2, 0.25) is 5.56 Å². The van der Waals surface area contributed by atoms with Crippen molar-refractivity contribution < 1.29 is 4.74 Å². The van der Waals surface area contributed by atoms with Gasteiger partial charge in [-0.2, -0.15) is 0 Å². The van der Waals surface area contributed by atoms with Crippen molar-refractivity contribution in [1.82, 2.24) is 19.8 Å². The number of aromatic amines is 1. The first kappa shape index (κ1) is 29.4. The number of anilines is 2. The summed E-state index contributed by atoms with van der Waals surface area (Å²) in [6.45, 7) is 11.6. The van der Waals surface area contributed by atoms with Gasteiger partial charge in [-0.05, 0) is 55.0 Å². The van der Waals surface area contributed by atoms with E-state index in [0.29, 0.717) is 19.3 Å². The summed E-state index contributed by atoms with van der Waals surface area (Å²) in [4.78, 5) is 32.2. The second-order valence-electron chi connectivity index (χ2n) is 11.7. The van der Waals surface area contributed by atoms with Crippen molar-refractivity contribution in [2.75, 3.05) is 69.2 Å². The van der Waals surface area contributed by atoms with Crippen LogP contribution in [0.25, 0.3) is 11.3 Å². The van der Waals surface area contributed by atoms with Gasteiger partial charge in [-0.1, -0.05) is 35.7 Å². The SMILES string of the molecule is CC(CN1CCN(Cc2ccncc2)CC1)Nc1ccc2c(c1)Sc1cccc(-c3cc(N4CCOCC4)cc(=O)[nH]3)c1S2. The van der Waals surface area contributed by atoms with E-state index in [1.807, 2.05) is 12.4 Å². The first-order valence-electron chi connectivity index (χ1n) is 15.4. The van der Waals surface area contributed by atoms with Gasteiger partial charge in [0.1, 0.15) is 0 Å². The number of rotatable bonds is 8. The molecule has 44 heavy (non-hydrogen) atoms. The summed E-state index contributed by atoms with van der Waals surface area (Å²) in [6, 6.07) is 21.5. The predicted molar refractivity (Wildman–Crippen MR) is 179 cm³/mol. The molecule has 3 aliphatic rings. The number of benzene rings is 2. The van der Waals surface area contributed by atoms with Gasteiger partial charge >= 0.3 is 0 Å². The fourth-order valence-corrected chi connectivity index (χ4v) is 8.59. The minimum Gasteiger partial charge on any atom is -0.381 e. The minimum absolute atomic E-state index is 0.0767. The highest BCUT2D eigenvalue weighted by atomic mass is 32.2. The molecule has 3 aliphatic heterocycles. The quantitative estimate of drug-likeness (QED) is 0.232. The van der Waals surface area contributed by atoms with E-state index in [1.54, 1.807) is 29.6 Å². The molecule has 2 aromatic carbocycles. The summed E-state index contributed by atoms with van der Waals surface area (Å²) in [5.41, 5.74) is 5.29. The van der Waals surface area contributed by atoms with Gasteiger partial charge in [-0.3, -0.25) is 19.6 Å². The number of pyridine rings is 2. The van der Waals surface area contributed by atoms with Gasteiger partial charge in [-0.25, -0.2) is 0 Å². The zero-order valence-electron chi connectivity index (χ0n) is 25.0. The number of morpholine rings is 1. The number of nitrogens with one attached hydrogen (secondary N) is 2. The third-order valence-corrected chi connectivity index (χ3v) is 11.0. The molecule has 2 aromatic heterocycles. The number of hydrogen-bond acceptors (Lipinski definition) is 9. The largest absolute Gasteiger partial charge is 0.381 e. The number of piperazine rings is 1. The van der Waals surface area contributed by atoms with E-state index < -0.39 is 0 Å². The van der Waals surface area contributed by atoms with Crippen LogP contribution in [-0.4, -0.2) is 84.8 Å². The summed E-state index contributed by atoms with van der Waals surface area (Å²) >= 11 is 3.59. The third kappa shape index (κ3) is 6.84. The van der Waals surface area contributed by atoms with E-state index in [1.165, 1.54) is 25.1 Å². The number of H-pyrrole nitrogens is 1. The van der Waals surface area contributed by atoms with Gasteiger partial charge < -0.3 is 19.9 Å². The van der Waals surface area contributed by atoms with E-state index >= 15 is 0 Å². The second kappa shape index (κ2) is 13.4. The Bertz CT molecular complexity index is 1650. The second-order valence-corrected chi connectivity index (χ2v) is 13.8. The molecular weight excluding hydrogens is 589 g/mol. The molecule has 2 N–H and O–H groups in total. The Morgan fingerprint density at radius 1 is 0.886 bits per heavy atom. The average Bonchev–Trinajstić information content (AvgIpc) is 3.05. The maximum absolute atomic E-state index is 12.7. The molecule has 8 nitrogen and oxygen atoms in total. The van der Waals surface area contributed by atoms with Crippen molar-refractivity contribution in [3.05, 3.63) is 89.0 Å². The molecule has 1 unspecified atom stereocenters. The zero-order chi connectivity index (χ0) is 29.9. The number of nitrogens with zero attached hydrogens (tertiary/aromatic N) is 4. The molecule has 0 amide bonds. The highest BCUT2D eigenvalue weighted by molar-refractivity contribution is 8.05. The number of hydrogen-bond donors (Lipinski definition) is 2. The van der Waals surface area contributed by atoms with Gasteiger partial charge in [0.25, 0.3) is 0 Å². The van der Waals surface area contributed by atoms with Crippen LogP contribution < -0.4 is 15.8 Å². The molecule has 4 aromatic rings. The smallest absolute Gasteiger partial charge is 0.250 e. The normalized spacial score (nSPS) is 18.0. The molecular formula is C34H38N6O2S2. The maximum atomic E-state index is 12.7. The summed E-state index contributed by atoms with van der Waals surface area (Å²) in [7, 11) is 0. The monoisotopic (exact) mass is 626 g/mol. The lowest BCUT2D eigenvalue weighted by atomic mass is 10.1. The van der Waals surface area contributed by atoms with Gasteiger partial charge in [0.15, 0.2) is 0 Å². The third-order valence-electron chi connectivity index (χ3n) is 8.42. The van der Waals surface area contributed by atoms with Crippen molar-refractivity contribution in [2.24, 2.45) is 0 Å². The highest BCUT2D eigenvalue weighted by Crippen LogP contribution is 2.52. The molecule has 0 bridgehead atoms. The Balaban J connectivity index is 0.991. The lowest BCUT2D eigenvalue weighted by Crippen LogP contribution is -2.48. The maximum Gasteiger partial charge on any atom is 0.250 e. The first-order chi connectivity index (χ1) is 21.6. The lowest BCUT2D eigenvalue weighted by molar-refractivity contribution is 0.122. The van der Waals surface area contributed by atoms with Crippen molar-refractivity contribution in [1.29, 1.82) is 0 Å². The van der Waals surface area contributed by atoms with Crippen LogP contribution >= 0.6 is 23.5 Å². The number of aromatic nitrogens is 2. The Labute approximate surface area is 267 Å². The van der Waals surface area contributed by atoms with Crippen LogP contribution in [0.5, 0.6) is 0 Å². The molecule has 2 saturated heterocycles. The molecule has 7 rings (SSSR count). The number of fused-ring (bicyclic) bond motifs is 2. The Morgan fingerprint density at radius 3 is 2.50 bits per heavy atom. The van der Waals surface area contributed by atoms with E-state index in [9.17, 15) is 4.79 Å². The van der Waals surface area contributed by atoms with E-state index in [0.717, 1.165) is 75.0 Å². The van der Waals surface area contributed by atoms with Crippen molar-refractivity contribution in [3.8, 4) is 11.3 Å². The summed E-state index contributed by atoms with van der Waals surface area (Å²) in [6.07, 6.45) is 3.76. The number of ether oxygens (including phenoxy) is 1. The van der Waals surface area contributed by atoms with E-state index in [4.69, 9.17) is 4.74 Å². The standard InChI is InChI=1S/C34H38N6O2S2/c1-24(22-38-11-13-39(14-12-38)23-25-7-9-35-10-8-25)36-26-5-6-30-32(19-26)43-31-4-2-3-28(34(31)44-30)29-20-27(21-33(41)37-29)40-15-17-42-18-16-40/h2-10,19-21,24,36H,11-18,22-23H2,1H3,(H,37,41). The predicted octanol–water partition coefficient (Wildman–Crippen LogP) is 5.51. The average molecular weight is 627 g/mol. The summed E-state index contributed by atoms with van der Waals surface area (Å²) in [5.74, 6) is 0. The Kier molecular flexibility index (Phi) is 8.95. The fraction of sp³-hybridized carbons (Fsp3) is 0.353. The minimum atomic E-state index is -0.0767. The molecule has 0 radical (unpaired) electrons. The van der Waals surface area contributed by atoms with Gasteiger partial charge in [0, 0.05) is 113 Å². The summed E-state index contributed by atoms with van der Waals surface area (Å²) in [5, 5.41) is 3.76. The first-order valence-corrected chi connectivity index (χ1v) is 17.0. The van der Waals surface area contributed by atoms with Crippen molar-refractivity contribution >= 4 is 34.9 Å². The molecule has 0 saturated carbocycles. The van der Waals surface area contributed by atoms with Crippen LogP contribution in [0, 0.1) is 0 Å². The zero-order valence-corrected chi connectivity index (χ0v) is 26.6. The fourth-order valence-electron chi connectivity index (χ4n) is 6.18. The molecule has 2 fully saturated rings. The molecule has 0 spiro atoms. The lowest BCUT2D eigenvalue weighted by Gasteiger charge is -2.36. The van der Waals surface area contributed by atoms with Crippen LogP contribution in [0.4, 0.5) is 11.4 Å². The molecule has 1 atom stereocenters. The topological polar surface area (TPSA) is 76.7 Å². The highest BCUT2D eigenvalue weighted by Gasteiger charge is 2.23. The van der Waals surface area contributed by atoms with Crippen molar-refractivity contribution in [2.45, 2.75) is 39.1 Å². The van der Waals surface area contributed by atoms with Crippen LogP contribution in [0.2, 0.25) is 0 Å². The van der Waals surface area contributed by atoms with E-state index in [-0.39, 0.29) is 5.56 Å². The van der Waals surface area contributed by atoms with Crippen LogP contribution in [0.15, 0.2) is 97.4 Å². The molecule has 5 heterocycles. The van der Waals surface area contributed by atoms with Crippen molar-refractivity contribution in [3.63, 3.8) is 0 Å². The molecule has 0 aliphatic carbocycles. The Hall–Kier alpha value is -3.28. The van der Waals surface area contributed by atoms with Crippen LogP contribution in [0.1, 0.15) is 12.5 Å². The van der Waals surface area contributed by atoms with E-state index in [2.05, 4.69) is 91.5 Å². The molecule has 228 valence electrons. The molecule has 10 heteroatoms. The summed E-state index contributed by atoms with van der Waals surface area (Å²) < 4.78 is 5.51. The van der Waals surface area contributed by atoms with Gasteiger partial charge in [-0.15, -0.1) is 0 Å².